The van der Waals surface area contributed by atoms with Gasteiger partial charge >= 0.3 is 0 Å². The van der Waals surface area contributed by atoms with Gasteiger partial charge in [-0.15, -0.1) is 0 Å². The summed E-state index contributed by atoms with van der Waals surface area (Å²) in [5.74, 6) is 2.09. The fourth-order valence-corrected chi connectivity index (χ4v) is 4.60. The molecule has 2 saturated heterocycles. The van der Waals surface area contributed by atoms with E-state index < -0.39 is 0 Å². The fourth-order valence-electron chi connectivity index (χ4n) is 4.60. The monoisotopic (exact) mass is 321 g/mol. The van der Waals surface area contributed by atoms with Crippen LogP contribution in [0.1, 0.15) is 58.3 Å². The van der Waals surface area contributed by atoms with Gasteiger partial charge in [0.1, 0.15) is 0 Å². The van der Waals surface area contributed by atoms with Gasteiger partial charge in [0.2, 0.25) is 5.91 Å². The van der Waals surface area contributed by atoms with E-state index in [2.05, 4.69) is 22.0 Å². The third-order valence-electron chi connectivity index (χ3n) is 6.39. The van der Waals surface area contributed by atoms with E-state index in [1.807, 2.05) is 0 Å². The van der Waals surface area contributed by atoms with E-state index in [0.717, 1.165) is 70.0 Å². The molecule has 2 heterocycles. The molecule has 132 valence electrons. The van der Waals surface area contributed by atoms with Crippen molar-refractivity contribution in [3.05, 3.63) is 0 Å². The lowest BCUT2D eigenvalue weighted by Gasteiger charge is -2.41. The molecule has 0 aromatic rings. The molecular formula is C19H35N3O. The number of nitrogens with zero attached hydrogens (tertiary/aromatic N) is 2. The van der Waals surface area contributed by atoms with Crippen LogP contribution in [0.3, 0.4) is 0 Å². The van der Waals surface area contributed by atoms with Crippen LogP contribution in [0.15, 0.2) is 0 Å². The standard InChI is InChI=1S/C19H35N3O/c1-16-2-5-18(6-3-16)21-12-14-22(15-13-21)19(23)7-4-17-8-10-20-11-9-17/h16-18,20H,2-15H2,1H3. The molecule has 0 radical (unpaired) electrons. The predicted molar refractivity (Wildman–Crippen MR) is 94.4 cm³/mol. The third-order valence-corrected chi connectivity index (χ3v) is 6.39. The van der Waals surface area contributed by atoms with Gasteiger partial charge in [-0.3, -0.25) is 9.69 Å². The first-order valence-electron chi connectivity index (χ1n) is 9.95. The maximum Gasteiger partial charge on any atom is 0.222 e. The molecule has 1 saturated carbocycles. The smallest absolute Gasteiger partial charge is 0.222 e. The molecule has 3 fully saturated rings. The van der Waals surface area contributed by atoms with Gasteiger partial charge in [-0.25, -0.2) is 0 Å². The summed E-state index contributed by atoms with van der Waals surface area (Å²) < 4.78 is 0. The minimum absolute atomic E-state index is 0.403. The van der Waals surface area contributed by atoms with Gasteiger partial charge in [0, 0.05) is 38.6 Å². The van der Waals surface area contributed by atoms with Gasteiger partial charge in [-0.05, 0) is 69.9 Å². The summed E-state index contributed by atoms with van der Waals surface area (Å²) in [4.78, 5) is 17.2. The van der Waals surface area contributed by atoms with Crippen molar-refractivity contribution in [3.63, 3.8) is 0 Å². The van der Waals surface area contributed by atoms with Crippen molar-refractivity contribution in [2.75, 3.05) is 39.3 Å². The molecule has 0 spiro atoms. The molecule has 3 aliphatic rings. The number of carbonyl (C=O) groups is 1. The third kappa shape index (κ3) is 4.93. The summed E-state index contributed by atoms with van der Waals surface area (Å²) in [5, 5.41) is 3.40. The molecule has 0 bridgehead atoms. The number of rotatable bonds is 4. The Kier molecular flexibility index (Phi) is 6.35. The van der Waals surface area contributed by atoms with E-state index in [-0.39, 0.29) is 0 Å². The zero-order chi connectivity index (χ0) is 16.1. The Morgan fingerprint density at radius 1 is 0.957 bits per heavy atom. The zero-order valence-electron chi connectivity index (χ0n) is 14.9. The summed E-state index contributed by atoms with van der Waals surface area (Å²) in [6, 6.07) is 0.790. The lowest BCUT2D eigenvalue weighted by atomic mass is 9.86. The van der Waals surface area contributed by atoms with E-state index >= 15 is 0 Å². The lowest BCUT2D eigenvalue weighted by Crippen LogP contribution is -2.52. The quantitative estimate of drug-likeness (QED) is 0.864. The molecule has 4 heteroatoms. The van der Waals surface area contributed by atoms with Crippen molar-refractivity contribution in [2.45, 2.75) is 64.3 Å². The molecule has 2 aliphatic heterocycles. The van der Waals surface area contributed by atoms with Crippen molar-refractivity contribution in [3.8, 4) is 0 Å². The number of hydrogen-bond acceptors (Lipinski definition) is 3. The Hall–Kier alpha value is -0.610. The molecule has 0 atom stereocenters. The maximum atomic E-state index is 12.5. The number of hydrogen-bond donors (Lipinski definition) is 1. The fraction of sp³-hybridized carbons (Fsp3) is 0.947. The molecule has 0 aromatic carbocycles. The van der Waals surface area contributed by atoms with E-state index in [1.165, 1.54) is 38.5 Å². The first-order valence-corrected chi connectivity index (χ1v) is 9.95. The number of piperazine rings is 1. The maximum absolute atomic E-state index is 12.5. The van der Waals surface area contributed by atoms with Crippen LogP contribution < -0.4 is 5.32 Å². The van der Waals surface area contributed by atoms with Crippen molar-refractivity contribution >= 4 is 5.91 Å². The lowest BCUT2D eigenvalue weighted by molar-refractivity contribution is -0.133. The minimum Gasteiger partial charge on any atom is -0.340 e. The number of carbonyl (C=O) groups excluding carboxylic acids is 1. The second-order valence-electron chi connectivity index (χ2n) is 8.06. The summed E-state index contributed by atoms with van der Waals surface area (Å²) in [6.45, 7) is 8.76. The number of piperidine rings is 1. The average molecular weight is 322 g/mol. The molecular weight excluding hydrogens is 286 g/mol. The van der Waals surface area contributed by atoms with Crippen LogP contribution in [0.4, 0.5) is 0 Å². The Bertz CT molecular complexity index is 365. The molecule has 4 nitrogen and oxygen atoms in total. The molecule has 0 aromatic heterocycles. The van der Waals surface area contributed by atoms with Gasteiger partial charge in [0.15, 0.2) is 0 Å². The first-order chi connectivity index (χ1) is 11.2. The number of nitrogens with one attached hydrogen (secondary N) is 1. The second kappa shape index (κ2) is 8.48. The Morgan fingerprint density at radius 2 is 1.61 bits per heavy atom. The normalized spacial score (nSPS) is 31.3. The highest BCUT2D eigenvalue weighted by Gasteiger charge is 2.28. The molecule has 1 N–H and O–H groups in total. The van der Waals surface area contributed by atoms with Gasteiger partial charge in [-0.2, -0.15) is 0 Å². The average Bonchev–Trinajstić information content (AvgIpc) is 2.61. The molecule has 1 aliphatic carbocycles. The Labute approximate surface area is 142 Å². The predicted octanol–water partition coefficient (Wildman–Crippen LogP) is 2.49. The van der Waals surface area contributed by atoms with Crippen LogP contribution in [-0.2, 0) is 4.79 Å². The van der Waals surface area contributed by atoms with Gasteiger partial charge < -0.3 is 10.2 Å². The molecule has 3 rings (SSSR count). The van der Waals surface area contributed by atoms with Crippen LogP contribution >= 0.6 is 0 Å². The van der Waals surface area contributed by atoms with Crippen molar-refractivity contribution < 1.29 is 4.79 Å². The largest absolute Gasteiger partial charge is 0.340 e. The van der Waals surface area contributed by atoms with Gasteiger partial charge in [0.05, 0.1) is 0 Å². The number of amides is 1. The van der Waals surface area contributed by atoms with Crippen LogP contribution in [-0.4, -0.2) is 61.0 Å². The van der Waals surface area contributed by atoms with Crippen LogP contribution in [0.2, 0.25) is 0 Å². The van der Waals surface area contributed by atoms with Crippen LogP contribution in [0, 0.1) is 11.8 Å². The zero-order valence-corrected chi connectivity index (χ0v) is 14.9. The minimum atomic E-state index is 0.403. The topological polar surface area (TPSA) is 35.6 Å². The van der Waals surface area contributed by atoms with E-state index in [9.17, 15) is 4.79 Å². The second-order valence-corrected chi connectivity index (χ2v) is 8.06. The first kappa shape index (κ1) is 17.2. The van der Waals surface area contributed by atoms with Gasteiger partial charge in [0.25, 0.3) is 0 Å². The summed E-state index contributed by atoms with van der Waals surface area (Å²) in [7, 11) is 0. The SMILES string of the molecule is CC1CCC(N2CCN(C(=O)CCC3CCNCC3)CC2)CC1. The van der Waals surface area contributed by atoms with Crippen molar-refractivity contribution in [1.82, 2.24) is 15.1 Å². The van der Waals surface area contributed by atoms with E-state index in [1.54, 1.807) is 0 Å². The highest BCUT2D eigenvalue weighted by Crippen LogP contribution is 2.28. The molecule has 23 heavy (non-hydrogen) atoms. The molecule has 1 amide bonds. The van der Waals surface area contributed by atoms with Crippen LogP contribution in [0.5, 0.6) is 0 Å². The van der Waals surface area contributed by atoms with E-state index in [0.29, 0.717) is 5.91 Å². The van der Waals surface area contributed by atoms with Crippen LogP contribution in [0.25, 0.3) is 0 Å². The molecule has 0 unspecified atom stereocenters. The highest BCUT2D eigenvalue weighted by atomic mass is 16.2. The van der Waals surface area contributed by atoms with Gasteiger partial charge in [-0.1, -0.05) is 6.92 Å². The van der Waals surface area contributed by atoms with E-state index in [4.69, 9.17) is 0 Å². The van der Waals surface area contributed by atoms with Crippen molar-refractivity contribution in [2.24, 2.45) is 11.8 Å². The summed E-state index contributed by atoms with van der Waals surface area (Å²) in [6.07, 6.45) is 9.88. The summed E-state index contributed by atoms with van der Waals surface area (Å²) >= 11 is 0. The summed E-state index contributed by atoms with van der Waals surface area (Å²) in [5.41, 5.74) is 0. The highest BCUT2D eigenvalue weighted by molar-refractivity contribution is 5.76. The Morgan fingerprint density at radius 3 is 2.26 bits per heavy atom. The Balaban J connectivity index is 1.35. The van der Waals surface area contributed by atoms with Crippen molar-refractivity contribution in [1.29, 1.82) is 0 Å².